The molecule has 0 aliphatic heterocycles. The first-order valence-corrected chi connectivity index (χ1v) is 12.6. The van der Waals surface area contributed by atoms with Gasteiger partial charge in [-0.2, -0.15) is 0 Å². The molecular weight excluding hydrogens is 439 g/mol. The second kappa shape index (κ2) is 8.81. The van der Waals surface area contributed by atoms with Crippen molar-refractivity contribution in [3.05, 3.63) is 99.1 Å². The van der Waals surface area contributed by atoms with Crippen LogP contribution < -0.4 is 5.30 Å². The summed E-state index contributed by atoms with van der Waals surface area (Å²) in [7, 11) is -4.26. The normalized spacial score (nSPS) is 13.5. The van der Waals surface area contributed by atoms with Crippen LogP contribution in [0.4, 0.5) is 0 Å². The van der Waals surface area contributed by atoms with Gasteiger partial charge in [0.05, 0.1) is 5.02 Å². The Kier molecular flexibility index (Phi) is 6.65. The average molecular weight is 467 g/mol. The van der Waals surface area contributed by atoms with Crippen LogP contribution in [0.3, 0.4) is 0 Å². The van der Waals surface area contributed by atoms with Gasteiger partial charge >= 0.3 is 0 Å². The average Bonchev–Trinajstić information content (AvgIpc) is 2.72. The predicted octanol–water partition coefficient (Wildman–Crippen LogP) is 7.23. The fourth-order valence-electron chi connectivity index (χ4n) is 4.00. The van der Waals surface area contributed by atoms with Crippen molar-refractivity contribution in [2.24, 2.45) is 0 Å². The van der Waals surface area contributed by atoms with Gasteiger partial charge in [-0.25, -0.2) is 0 Å². The number of halogens is 1. The third kappa shape index (κ3) is 4.25. The van der Waals surface area contributed by atoms with Crippen LogP contribution in [0.25, 0.3) is 0 Å². The Labute approximate surface area is 195 Å². The molecule has 0 radical (unpaired) electrons. The molecular formula is C27H28ClO3P. The van der Waals surface area contributed by atoms with Crippen LogP contribution in [0.15, 0.2) is 60.7 Å². The van der Waals surface area contributed by atoms with Crippen molar-refractivity contribution in [3.63, 3.8) is 0 Å². The summed E-state index contributed by atoms with van der Waals surface area (Å²) in [6.07, 6.45) is 0. The highest BCUT2D eigenvalue weighted by atomic mass is 35.5. The van der Waals surface area contributed by atoms with E-state index in [-0.39, 0.29) is 21.6 Å². The van der Waals surface area contributed by atoms with Gasteiger partial charge in [0.2, 0.25) is 18.2 Å². The highest BCUT2D eigenvalue weighted by Crippen LogP contribution is 2.54. The van der Waals surface area contributed by atoms with Gasteiger partial charge in [-0.15, -0.1) is 0 Å². The molecule has 1 atom stereocenters. The van der Waals surface area contributed by atoms with Crippen molar-refractivity contribution in [2.45, 2.75) is 47.0 Å². The van der Waals surface area contributed by atoms with Crippen LogP contribution in [0.5, 0.6) is 0 Å². The lowest BCUT2D eigenvalue weighted by Gasteiger charge is -2.26. The molecule has 0 spiro atoms. The predicted molar refractivity (Wildman–Crippen MR) is 133 cm³/mol. The molecule has 3 nitrogen and oxygen atoms in total. The number of rotatable bonds is 5. The standard InChI is InChI=1S/C27H28ClO3P/c1-17-11-10-14-22(28)23(17)26(30)32(31,25(29)20-12-8-7-9-13-20)24-18(2)15-21(16-19(24)3)27(4,5)6/h7-16H,1-6H3. The van der Waals surface area contributed by atoms with Gasteiger partial charge in [-0.3, -0.25) is 9.59 Å². The van der Waals surface area contributed by atoms with E-state index >= 15 is 0 Å². The lowest BCUT2D eigenvalue weighted by atomic mass is 9.85. The molecule has 3 aromatic carbocycles. The third-order valence-corrected chi connectivity index (χ3v) is 8.98. The first-order valence-electron chi connectivity index (χ1n) is 10.5. The molecule has 0 aliphatic rings. The molecule has 0 aromatic heterocycles. The Morgan fingerprint density at radius 3 is 1.84 bits per heavy atom. The fourth-order valence-corrected chi connectivity index (χ4v) is 7.21. The van der Waals surface area contributed by atoms with E-state index in [1.807, 2.05) is 26.0 Å². The first-order chi connectivity index (χ1) is 14.9. The fraction of sp³-hybridized carbons (Fsp3) is 0.259. The SMILES string of the molecule is Cc1cccc(Cl)c1C(=O)P(=O)(C(=O)c1ccccc1)c1c(C)cc(C(C)(C)C)cc1C. The number of hydrogen-bond donors (Lipinski definition) is 0. The van der Waals surface area contributed by atoms with E-state index in [1.165, 1.54) is 0 Å². The van der Waals surface area contributed by atoms with Crippen LogP contribution in [-0.4, -0.2) is 11.0 Å². The number of aryl methyl sites for hydroxylation is 3. The van der Waals surface area contributed by atoms with Gasteiger partial charge in [0.15, 0.2) is 0 Å². The summed E-state index contributed by atoms with van der Waals surface area (Å²) in [4.78, 5) is 27.7. The van der Waals surface area contributed by atoms with Gasteiger partial charge in [-0.05, 0) is 54.5 Å². The summed E-state index contributed by atoms with van der Waals surface area (Å²) in [5, 5.41) is 0.501. The summed E-state index contributed by atoms with van der Waals surface area (Å²) >= 11 is 6.38. The number of carbonyl (C=O) groups is 2. The van der Waals surface area contributed by atoms with E-state index in [0.29, 0.717) is 22.0 Å². The molecule has 166 valence electrons. The van der Waals surface area contributed by atoms with Crippen LogP contribution >= 0.6 is 18.7 Å². The second-order valence-electron chi connectivity index (χ2n) is 9.23. The molecule has 5 heteroatoms. The quantitative estimate of drug-likeness (QED) is 0.372. The molecule has 0 fully saturated rings. The highest BCUT2D eigenvalue weighted by molar-refractivity contribution is 8.01. The summed E-state index contributed by atoms with van der Waals surface area (Å²) in [6, 6.07) is 17.3. The lowest BCUT2D eigenvalue weighted by molar-refractivity contribution is 0.104. The molecule has 0 saturated carbocycles. The van der Waals surface area contributed by atoms with Crippen LogP contribution in [0.2, 0.25) is 5.02 Å². The van der Waals surface area contributed by atoms with Crippen LogP contribution in [0.1, 0.15) is 63.7 Å². The van der Waals surface area contributed by atoms with E-state index in [1.54, 1.807) is 55.5 Å². The van der Waals surface area contributed by atoms with Crippen molar-refractivity contribution in [2.75, 3.05) is 0 Å². The number of benzene rings is 3. The molecule has 3 aromatic rings. The zero-order chi connectivity index (χ0) is 23.8. The minimum Gasteiger partial charge on any atom is -0.302 e. The largest absolute Gasteiger partial charge is 0.302 e. The van der Waals surface area contributed by atoms with E-state index < -0.39 is 18.2 Å². The maximum absolute atomic E-state index is 14.8. The molecule has 3 rings (SSSR count). The highest BCUT2D eigenvalue weighted by Gasteiger charge is 2.45. The Bertz CT molecular complexity index is 1210. The first kappa shape index (κ1) is 24.2. The van der Waals surface area contributed by atoms with Crippen molar-refractivity contribution < 1.29 is 14.2 Å². The van der Waals surface area contributed by atoms with Gasteiger partial charge < -0.3 is 4.57 Å². The van der Waals surface area contributed by atoms with Gasteiger partial charge in [0.25, 0.3) is 0 Å². The Balaban J connectivity index is 2.36. The van der Waals surface area contributed by atoms with Gasteiger partial charge in [0.1, 0.15) is 0 Å². The van der Waals surface area contributed by atoms with E-state index in [2.05, 4.69) is 20.8 Å². The smallest absolute Gasteiger partial charge is 0.249 e. The summed E-state index contributed by atoms with van der Waals surface area (Å²) in [5.74, 6) is 0. The Morgan fingerprint density at radius 2 is 1.34 bits per heavy atom. The van der Waals surface area contributed by atoms with Crippen molar-refractivity contribution in [1.29, 1.82) is 0 Å². The molecule has 0 bridgehead atoms. The maximum Gasteiger partial charge on any atom is 0.249 e. The molecule has 0 saturated heterocycles. The maximum atomic E-state index is 14.8. The summed E-state index contributed by atoms with van der Waals surface area (Å²) in [6.45, 7) is 11.6. The molecule has 0 heterocycles. The monoisotopic (exact) mass is 466 g/mol. The minimum absolute atomic E-state index is 0.134. The topological polar surface area (TPSA) is 51.2 Å². The zero-order valence-electron chi connectivity index (χ0n) is 19.3. The molecule has 0 amide bonds. The van der Waals surface area contributed by atoms with Crippen LogP contribution in [-0.2, 0) is 9.98 Å². The Morgan fingerprint density at radius 1 is 0.781 bits per heavy atom. The van der Waals surface area contributed by atoms with Crippen molar-refractivity contribution in [1.82, 2.24) is 0 Å². The summed E-state index contributed by atoms with van der Waals surface area (Å²) in [5.41, 5.74) is 1.84. The van der Waals surface area contributed by atoms with E-state index in [4.69, 9.17) is 11.6 Å². The third-order valence-electron chi connectivity index (χ3n) is 5.70. The zero-order valence-corrected chi connectivity index (χ0v) is 21.0. The van der Waals surface area contributed by atoms with E-state index in [9.17, 15) is 14.2 Å². The lowest BCUT2D eigenvalue weighted by Crippen LogP contribution is -2.26. The number of carbonyl (C=O) groups excluding carboxylic acids is 2. The van der Waals surface area contributed by atoms with Crippen LogP contribution in [0, 0.1) is 20.8 Å². The van der Waals surface area contributed by atoms with Crippen molar-refractivity contribution in [3.8, 4) is 0 Å². The molecule has 0 aliphatic carbocycles. The van der Waals surface area contributed by atoms with Crippen molar-refractivity contribution >= 4 is 35.1 Å². The minimum atomic E-state index is -4.26. The molecule has 0 N–H and O–H groups in total. The van der Waals surface area contributed by atoms with Gasteiger partial charge in [-0.1, -0.05) is 87.0 Å². The van der Waals surface area contributed by atoms with E-state index in [0.717, 1.165) is 5.56 Å². The molecule has 32 heavy (non-hydrogen) atoms. The second-order valence-corrected chi connectivity index (χ2v) is 12.1. The Hall–Kier alpha value is -2.48. The molecule has 1 unspecified atom stereocenters. The van der Waals surface area contributed by atoms with Gasteiger partial charge in [0, 0.05) is 16.4 Å². The number of hydrogen-bond acceptors (Lipinski definition) is 3. The summed E-state index contributed by atoms with van der Waals surface area (Å²) < 4.78 is 14.8.